The molecule has 0 radical (unpaired) electrons. The van der Waals surface area contributed by atoms with Gasteiger partial charge in [-0.2, -0.15) is 5.10 Å². The largest absolute Gasteiger partial charge is 0.352 e. The van der Waals surface area contributed by atoms with E-state index in [9.17, 15) is 0 Å². The lowest BCUT2D eigenvalue weighted by Crippen LogP contribution is -2.36. The Morgan fingerprint density at radius 2 is 1.79 bits per heavy atom. The topological polar surface area (TPSA) is 84.4 Å². The van der Waals surface area contributed by atoms with Crippen LogP contribution in [0.25, 0.3) is 11.3 Å². The van der Waals surface area contributed by atoms with Gasteiger partial charge in [0.15, 0.2) is 17.4 Å². The number of aromatic nitrogens is 5. The van der Waals surface area contributed by atoms with Crippen LogP contribution in [-0.4, -0.2) is 37.4 Å². The van der Waals surface area contributed by atoms with Crippen LogP contribution in [0, 0.1) is 0 Å². The molecule has 28 heavy (non-hydrogen) atoms. The molecule has 8 nitrogen and oxygen atoms in total. The van der Waals surface area contributed by atoms with E-state index in [4.69, 9.17) is 0 Å². The van der Waals surface area contributed by atoms with Crippen LogP contribution in [0.3, 0.4) is 0 Å². The number of benzene rings is 1. The van der Waals surface area contributed by atoms with Crippen LogP contribution >= 0.6 is 24.0 Å². The van der Waals surface area contributed by atoms with Crippen molar-refractivity contribution in [3.05, 3.63) is 78.5 Å². The Morgan fingerprint density at radius 1 is 0.964 bits per heavy atom. The number of pyridine rings is 1. The Hall–Kier alpha value is -2.95. The first-order valence-corrected chi connectivity index (χ1v) is 8.65. The number of halogens is 1. The van der Waals surface area contributed by atoms with Crippen molar-refractivity contribution in [2.75, 3.05) is 7.05 Å². The van der Waals surface area contributed by atoms with Crippen molar-refractivity contribution >= 4 is 35.6 Å². The van der Waals surface area contributed by atoms with Gasteiger partial charge in [0.1, 0.15) is 0 Å². The molecular formula is C19H21IN8. The summed E-state index contributed by atoms with van der Waals surface area (Å²) >= 11 is 0. The van der Waals surface area contributed by atoms with Crippen LogP contribution < -0.4 is 10.6 Å². The maximum atomic E-state index is 4.26. The highest BCUT2D eigenvalue weighted by atomic mass is 127. The van der Waals surface area contributed by atoms with Gasteiger partial charge in [0.25, 0.3) is 0 Å². The molecule has 0 saturated heterocycles. The van der Waals surface area contributed by atoms with Crippen LogP contribution in [0.5, 0.6) is 0 Å². The molecule has 0 aliphatic carbocycles. The number of hydrogen-bond donors (Lipinski definition) is 2. The fourth-order valence-corrected chi connectivity index (χ4v) is 2.77. The number of hydrogen-bond acceptors (Lipinski definition) is 4. The van der Waals surface area contributed by atoms with Crippen molar-refractivity contribution in [2.24, 2.45) is 4.99 Å². The second-order valence-electron chi connectivity index (χ2n) is 5.94. The highest BCUT2D eigenvalue weighted by molar-refractivity contribution is 14.0. The molecule has 9 heteroatoms. The zero-order valence-corrected chi connectivity index (χ0v) is 17.7. The minimum absolute atomic E-state index is 0. The van der Waals surface area contributed by atoms with Gasteiger partial charge in [-0.3, -0.25) is 9.39 Å². The van der Waals surface area contributed by atoms with E-state index in [-0.39, 0.29) is 24.0 Å². The molecule has 144 valence electrons. The minimum atomic E-state index is 0. The van der Waals surface area contributed by atoms with E-state index in [2.05, 4.69) is 43.1 Å². The van der Waals surface area contributed by atoms with Gasteiger partial charge in [-0.1, -0.05) is 18.2 Å². The normalized spacial score (nSPS) is 11.2. The van der Waals surface area contributed by atoms with Crippen molar-refractivity contribution in [3.63, 3.8) is 0 Å². The molecule has 4 aromatic rings. The molecule has 0 bridgehead atoms. The lowest BCUT2D eigenvalue weighted by Gasteiger charge is -2.11. The average molecular weight is 488 g/mol. The van der Waals surface area contributed by atoms with Crippen molar-refractivity contribution in [1.82, 2.24) is 35.0 Å². The number of guanidine groups is 1. The smallest absolute Gasteiger partial charge is 0.191 e. The SMILES string of the molecule is CN=C(NCc1ccc(-n2cccn2)cc1)NCc1nnc2ccccn12.I. The third kappa shape index (κ3) is 4.47. The second kappa shape index (κ2) is 9.31. The van der Waals surface area contributed by atoms with Crippen LogP contribution in [0.2, 0.25) is 0 Å². The Kier molecular flexibility index (Phi) is 6.58. The molecule has 4 rings (SSSR count). The molecular weight excluding hydrogens is 467 g/mol. The van der Waals surface area contributed by atoms with Crippen molar-refractivity contribution in [3.8, 4) is 5.69 Å². The molecule has 0 spiro atoms. The zero-order chi connectivity index (χ0) is 18.5. The van der Waals surface area contributed by atoms with Gasteiger partial charge in [0.05, 0.1) is 12.2 Å². The van der Waals surface area contributed by atoms with Crippen LogP contribution in [0.1, 0.15) is 11.4 Å². The number of nitrogens with zero attached hydrogens (tertiary/aromatic N) is 6. The summed E-state index contributed by atoms with van der Waals surface area (Å²) in [6, 6.07) is 16.0. The van der Waals surface area contributed by atoms with Crippen molar-refractivity contribution in [2.45, 2.75) is 13.1 Å². The van der Waals surface area contributed by atoms with Crippen LogP contribution in [0.4, 0.5) is 0 Å². The summed E-state index contributed by atoms with van der Waals surface area (Å²) in [5.74, 6) is 1.54. The fourth-order valence-electron chi connectivity index (χ4n) is 2.77. The molecule has 2 N–H and O–H groups in total. The van der Waals surface area contributed by atoms with E-state index in [0.717, 1.165) is 22.7 Å². The molecule has 0 amide bonds. The molecule has 3 heterocycles. The summed E-state index contributed by atoms with van der Waals surface area (Å²) in [5.41, 5.74) is 3.02. The Morgan fingerprint density at radius 3 is 2.54 bits per heavy atom. The first kappa shape index (κ1) is 19.8. The maximum absolute atomic E-state index is 4.26. The molecule has 0 atom stereocenters. The van der Waals surface area contributed by atoms with Gasteiger partial charge in [0.2, 0.25) is 0 Å². The summed E-state index contributed by atoms with van der Waals surface area (Å²) in [4.78, 5) is 4.26. The standard InChI is InChI=1S/C19H20N8.HI/c1-20-19(22-14-18-25-24-17-5-2-3-11-26(17)18)21-13-15-6-8-16(9-7-15)27-12-4-10-23-27;/h2-12H,13-14H2,1H3,(H2,20,21,22);1H. The Labute approximate surface area is 179 Å². The molecule has 0 aliphatic rings. The lowest BCUT2D eigenvalue weighted by atomic mass is 10.2. The van der Waals surface area contributed by atoms with Crippen molar-refractivity contribution in [1.29, 1.82) is 0 Å². The summed E-state index contributed by atoms with van der Waals surface area (Å²) in [6.45, 7) is 1.20. The number of rotatable bonds is 5. The van der Waals surface area contributed by atoms with Crippen LogP contribution in [-0.2, 0) is 13.1 Å². The molecule has 0 unspecified atom stereocenters. The highest BCUT2D eigenvalue weighted by Gasteiger charge is 2.06. The van der Waals surface area contributed by atoms with Crippen molar-refractivity contribution < 1.29 is 0 Å². The summed E-state index contributed by atoms with van der Waals surface area (Å²) < 4.78 is 3.79. The minimum Gasteiger partial charge on any atom is -0.352 e. The number of aliphatic imine (C=N–C) groups is 1. The fraction of sp³-hybridized carbons (Fsp3) is 0.158. The number of fused-ring (bicyclic) bond motifs is 1. The predicted molar refractivity (Wildman–Crippen MR) is 119 cm³/mol. The lowest BCUT2D eigenvalue weighted by molar-refractivity contribution is 0.762. The summed E-state index contributed by atoms with van der Waals surface area (Å²) in [6.07, 6.45) is 5.64. The van der Waals surface area contributed by atoms with Gasteiger partial charge in [-0.25, -0.2) is 4.68 Å². The first-order chi connectivity index (χ1) is 13.3. The van der Waals surface area contributed by atoms with E-state index in [1.165, 1.54) is 0 Å². The molecule has 3 aromatic heterocycles. The van der Waals surface area contributed by atoms with E-state index in [1.54, 1.807) is 13.2 Å². The Balaban J connectivity index is 0.00000225. The van der Waals surface area contributed by atoms with Gasteiger partial charge < -0.3 is 10.6 Å². The third-order valence-corrected chi connectivity index (χ3v) is 4.19. The first-order valence-electron chi connectivity index (χ1n) is 8.65. The molecule has 0 saturated carbocycles. The zero-order valence-electron chi connectivity index (χ0n) is 15.4. The monoisotopic (exact) mass is 488 g/mol. The molecule has 1 aromatic carbocycles. The molecule has 0 fully saturated rings. The number of nitrogens with one attached hydrogen (secondary N) is 2. The Bertz CT molecular complexity index is 1040. The maximum Gasteiger partial charge on any atom is 0.191 e. The van der Waals surface area contributed by atoms with Gasteiger partial charge in [-0.05, 0) is 35.9 Å². The van der Waals surface area contributed by atoms with E-state index in [0.29, 0.717) is 19.0 Å². The average Bonchev–Trinajstić information content (AvgIpc) is 3.39. The van der Waals surface area contributed by atoms with Gasteiger partial charge in [0, 0.05) is 32.2 Å². The van der Waals surface area contributed by atoms with Crippen LogP contribution in [0.15, 0.2) is 72.1 Å². The van der Waals surface area contributed by atoms with E-state index in [1.807, 2.05) is 57.9 Å². The molecule has 0 aliphatic heterocycles. The predicted octanol–water partition coefficient (Wildman–Crippen LogP) is 2.40. The quantitative estimate of drug-likeness (QED) is 0.256. The summed E-state index contributed by atoms with van der Waals surface area (Å²) in [7, 11) is 1.75. The third-order valence-electron chi connectivity index (χ3n) is 4.19. The summed E-state index contributed by atoms with van der Waals surface area (Å²) in [5, 5.41) is 19.2. The van der Waals surface area contributed by atoms with Gasteiger partial charge >= 0.3 is 0 Å². The van der Waals surface area contributed by atoms with Gasteiger partial charge in [-0.15, -0.1) is 34.2 Å². The van der Waals surface area contributed by atoms with E-state index < -0.39 is 0 Å². The highest BCUT2D eigenvalue weighted by Crippen LogP contribution is 2.08. The second-order valence-corrected chi connectivity index (χ2v) is 5.94. The van der Waals surface area contributed by atoms with E-state index >= 15 is 0 Å².